The molecule has 5 rings (SSSR count). The van der Waals surface area contributed by atoms with E-state index in [-0.39, 0.29) is 12.1 Å². The minimum Gasteiger partial charge on any atom is -0.496 e. The molecule has 2 aromatic heterocycles. The highest BCUT2D eigenvalue weighted by molar-refractivity contribution is 5.95. The number of carbonyl (C=O) groups excluding carboxylic acids is 2. The van der Waals surface area contributed by atoms with Gasteiger partial charge in [0.1, 0.15) is 5.75 Å². The molecule has 1 fully saturated rings. The number of likely N-dealkylation sites (tertiary alicyclic amines) is 1. The summed E-state index contributed by atoms with van der Waals surface area (Å²) in [4.78, 5) is 39.5. The minimum atomic E-state index is -0.643. The Labute approximate surface area is 233 Å². The first kappa shape index (κ1) is 27.4. The Bertz CT molecular complexity index is 1470. The van der Waals surface area contributed by atoms with Gasteiger partial charge in [0.25, 0.3) is 5.91 Å². The van der Waals surface area contributed by atoms with Gasteiger partial charge in [0, 0.05) is 60.8 Å². The standard InChI is InChI=1S/C31H34N4O5/c1-4-39-24-12-15-35(19-26-25-11-14-33-29(25)20(2)16-28(26)38-3)27(17-24)21-7-9-22(10-8-21)31(37)40-34-30(36)23-6-5-13-32-18-23/h5-11,13-14,16,18,24,27,33H,4,12,15,17,19H2,1-3H3,(H,34,36)/t24-,27?/m0/s1. The van der Waals surface area contributed by atoms with Crippen LogP contribution in [0.5, 0.6) is 5.75 Å². The molecule has 2 aromatic carbocycles. The first-order valence-corrected chi connectivity index (χ1v) is 13.5. The quantitative estimate of drug-likeness (QED) is 0.298. The van der Waals surface area contributed by atoms with Crippen LogP contribution in [0, 0.1) is 6.92 Å². The number of nitrogens with zero attached hydrogens (tertiary/aromatic N) is 2. The maximum absolute atomic E-state index is 12.6. The van der Waals surface area contributed by atoms with Crippen molar-refractivity contribution in [3.63, 3.8) is 0 Å². The Morgan fingerprint density at radius 1 is 1.15 bits per heavy atom. The van der Waals surface area contributed by atoms with E-state index in [2.05, 4.69) is 39.4 Å². The number of rotatable bonds is 8. The van der Waals surface area contributed by atoms with Gasteiger partial charge in [0.05, 0.1) is 24.3 Å². The highest BCUT2D eigenvalue weighted by Gasteiger charge is 2.31. The number of methoxy groups -OCH3 is 1. The van der Waals surface area contributed by atoms with Crippen LogP contribution in [0.3, 0.4) is 0 Å². The first-order valence-electron chi connectivity index (χ1n) is 13.5. The molecule has 0 radical (unpaired) electrons. The Balaban J connectivity index is 1.34. The Hall–Kier alpha value is -4.21. The summed E-state index contributed by atoms with van der Waals surface area (Å²) in [6, 6.07) is 14.9. The number of piperidine rings is 1. The second kappa shape index (κ2) is 12.3. The normalized spacial score (nSPS) is 17.5. The van der Waals surface area contributed by atoms with Crippen molar-refractivity contribution in [3.8, 4) is 5.75 Å². The van der Waals surface area contributed by atoms with Crippen LogP contribution in [0.25, 0.3) is 10.9 Å². The number of H-pyrrole nitrogens is 1. The molecule has 40 heavy (non-hydrogen) atoms. The van der Waals surface area contributed by atoms with Crippen LogP contribution in [-0.4, -0.2) is 53.1 Å². The van der Waals surface area contributed by atoms with Gasteiger partial charge in [0.15, 0.2) is 0 Å². The van der Waals surface area contributed by atoms with Gasteiger partial charge >= 0.3 is 5.97 Å². The predicted molar refractivity (Wildman–Crippen MR) is 151 cm³/mol. The van der Waals surface area contributed by atoms with Gasteiger partial charge in [-0.05, 0) is 74.2 Å². The van der Waals surface area contributed by atoms with Crippen LogP contribution in [0.1, 0.15) is 63.2 Å². The Morgan fingerprint density at radius 3 is 2.70 bits per heavy atom. The van der Waals surface area contributed by atoms with Crippen LogP contribution < -0.4 is 10.2 Å². The molecule has 4 aromatic rings. The number of aryl methyl sites for hydroxylation is 1. The van der Waals surface area contributed by atoms with E-state index < -0.39 is 11.9 Å². The maximum Gasteiger partial charge on any atom is 0.362 e. The topological polar surface area (TPSA) is 106 Å². The van der Waals surface area contributed by atoms with E-state index >= 15 is 0 Å². The van der Waals surface area contributed by atoms with Gasteiger partial charge in [-0.15, -0.1) is 0 Å². The van der Waals surface area contributed by atoms with E-state index in [0.29, 0.717) is 24.3 Å². The summed E-state index contributed by atoms with van der Waals surface area (Å²) in [5.74, 6) is -0.307. The van der Waals surface area contributed by atoms with E-state index in [1.165, 1.54) is 6.20 Å². The third-order valence-electron chi connectivity index (χ3n) is 7.45. The zero-order chi connectivity index (χ0) is 28.1. The largest absolute Gasteiger partial charge is 0.496 e. The lowest BCUT2D eigenvalue weighted by Crippen LogP contribution is -2.39. The highest BCUT2D eigenvalue weighted by atomic mass is 16.7. The molecule has 0 bridgehead atoms. The number of fused-ring (bicyclic) bond motifs is 1. The fourth-order valence-corrected chi connectivity index (χ4v) is 5.44. The number of benzene rings is 2. The summed E-state index contributed by atoms with van der Waals surface area (Å²) in [7, 11) is 1.71. The van der Waals surface area contributed by atoms with Crippen molar-refractivity contribution in [1.82, 2.24) is 20.3 Å². The Kier molecular flexibility index (Phi) is 8.42. The second-order valence-electron chi connectivity index (χ2n) is 9.91. The first-order chi connectivity index (χ1) is 19.5. The number of hydrogen-bond acceptors (Lipinski definition) is 7. The van der Waals surface area contributed by atoms with Crippen LogP contribution >= 0.6 is 0 Å². The van der Waals surface area contributed by atoms with E-state index in [4.69, 9.17) is 14.3 Å². The van der Waals surface area contributed by atoms with Crippen molar-refractivity contribution in [3.05, 3.63) is 94.9 Å². The zero-order valence-corrected chi connectivity index (χ0v) is 23.0. The van der Waals surface area contributed by atoms with Gasteiger partial charge < -0.3 is 19.3 Å². The molecule has 3 heterocycles. The van der Waals surface area contributed by atoms with Crippen molar-refractivity contribution in [2.24, 2.45) is 0 Å². The van der Waals surface area contributed by atoms with Crippen molar-refractivity contribution in [2.45, 2.75) is 45.4 Å². The fraction of sp³-hybridized carbons (Fsp3) is 0.323. The van der Waals surface area contributed by atoms with Gasteiger partial charge in [-0.3, -0.25) is 14.7 Å². The number of hydroxylamine groups is 1. The number of aromatic amines is 1. The summed E-state index contributed by atoms with van der Waals surface area (Å²) in [5, 5.41) is 1.16. The zero-order valence-electron chi connectivity index (χ0n) is 23.0. The second-order valence-corrected chi connectivity index (χ2v) is 9.91. The number of ether oxygens (including phenoxy) is 2. The van der Waals surface area contributed by atoms with Crippen LogP contribution in [0.2, 0.25) is 0 Å². The Morgan fingerprint density at radius 2 is 1.98 bits per heavy atom. The minimum absolute atomic E-state index is 0.0839. The summed E-state index contributed by atoms with van der Waals surface area (Å²) < 4.78 is 11.8. The van der Waals surface area contributed by atoms with Crippen molar-refractivity contribution in [2.75, 3.05) is 20.3 Å². The smallest absolute Gasteiger partial charge is 0.362 e. The molecule has 2 N–H and O–H groups in total. The monoisotopic (exact) mass is 542 g/mol. The molecule has 9 nitrogen and oxygen atoms in total. The summed E-state index contributed by atoms with van der Waals surface area (Å²) in [6.07, 6.45) is 6.87. The van der Waals surface area contributed by atoms with Crippen LogP contribution in [0.15, 0.2) is 67.1 Å². The molecular weight excluding hydrogens is 508 g/mol. The predicted octanol–water partition coefficient (Wildman–Crippen LogP) is 5.12. The molecule has 0 spiro atoms. The van der Waals surface area contributed by atoms with Crippen molar-refractivity contribution in [1.29, 1.82) is 0 Å². The molecule has 0 aliphatic carbocycles. The molecule has 208 valence electrons. The van der Waals surface area contributed by atoms with Crippen molar-refractivity contribution >= 4 is 22.8 Å². The SMILES string of the molecule is CCO[C@H]1CCN(Cc2c(OC)cc(C)c3[nH]ccc23)C(c2ccc(C(=O)ONC(=O)c3cccnc3)cc2)C1. The van der Waals surface area contributed by atoms with Crippen LogP contribution in [-0.2, 0) is 16.1 Å². The van der Waals surface area contributed by atoms with Gasteiger partial charge in [0.2, 0.25) is 0 Å². The molecule has 9 heteroatoms. The molecule has 0 saturated carbocycles. The number of pyridine rings is 1. The maximum atomic E-state index is 12.6. The van der Waals surface area contributed by atoms with E-state index in [1.807, 2.05) is 25.3 Å². The lowest BCUT2D eigenvalue weighted by atomic mass is 9.91. The van der Waals surface area contributed by atoms with Gasteiger partial charge in [-0.1, -0.05) is 12.1 Å². The highest BCUT2D eigenvalue weighted by Crippen LogP contribution is 2.38. The number of nitrogens with one attached hydrogen (secondary N) is 2. The summed E-state index contributed by atoms with van der Waals surface area (Å²) in [6.45, 7) is 6.35. The molecule has 1 unspecified atom stereocenters. The lowest BCUT2D eigenvalue weighted by Gasteiger charge is -2.40. The van der Waals surface area contributed by atoms with E-state index in [9.17, 15) is 9.59 Å². The molecule has 1 amide bonds. The molecule has 1 saturated heterocycles. The summed E-state index contributed by atoms with van der Waals surface area (Å²) >= 11 is 0. The third-order valence-corrected chi connectivity index (χ3v) is 7.45. The summed E-state index contributed by atoms with van der Waals surface area (Å²) in [5.41, 5.74) is 7.32. The van der Waals surface area contributed by atoms with Gasteiger partial charge in [-0.25, -0.2) is 4.79 Å². The number of carbonyl (C=O) groups is 2. The van der Waals surface area contributed by atoms with E-state index in [1.54, 1.807) is 37.6 Å². The lowest BCUT2D eigenvalue weighted by molar-refractivity contribution is -0.0138. The average molecular weight is 543 g/mol. The number of amides is 1. The van der Waals surface area contributed by atoms with Crippen LogP contribution in [0.4, 0.5) is 0 Å². The fourth-order valence-electron chi connectivity index (χ4n) is 5.44. The molecule has 1 aliphatic rings. The van der Waals surface area contributed by atoms with E-state index in [0.717, 1.165) is 52.7 Å². The molecule has 2 atom stereocenters. The van der Waals surface area contributed by atoms with Gasteiger partial charge in [-0.2, -0.15) is 5.48 Å². The number of aromatic nitrogens is 2. The third kappa shape index (κ3) is 5.85. The number of hydrogen-bond donors (Lipinski definition) is 2. The molecular formula is C31H34N4O5. The van der Waals surface area contributed by atoms with Crippen molar-refractivity contribution < 1.29 is 23.9 Å². The molecule has 1 aliphatic heterocycles. The average Bonchev–Trinajstić information content (AvgIpc) is 3.49.